The second-order valence-electron chi connectivity index (χ2n) is 5.35. The molecule has 118 valence electrons. The fourth-order valence-electron chi connectivity index (χ4n) is 2.81. The van der Waals surface area contributed by atoms with E-state index in [0.717, 1.165) is 27.1 Å². The van der Waals surface area contributed by atoms with Crippen molar-refractivity contribution in [3.05, 3.63) is 76.5 Å². The van der Waals surface area contributed by atoms with Crippen molar-refractivity contribution in [1.82, 2.24) is 0 Å². The Balaban J connectivity index is 2.07. The molecule has 0 bridgehead atoms. The minimum absolute atomic E-state index is 0.322. The Hall–Kier alpha value is -2.85. The van der Waals surface area contributed by atoms with Gasteiger partial charge in [-0.25, -0.2) is 4.79 Å². The number of benzene rings is 2. The summed E-state index contributed by atoms with van der Waals surface area (Å²) >= 11 is 1.63. The van der Waals surface area contributed by atoms with Crippen molar-refractivity contribution in [2.24, 2.45) is 0 Å². The van der Waals surface area contributed by atoms with Crippen LogP contribution in [-0.4, -0.2) is 7.11 Å². The average molecular weight is 334 g/mol. The van der Waals surface area contributed by atoms with E-state index in [4.69, 9.17) is 9.15 Å². The molecule has 0 aliphatic heterocycles. The van der Waals surface area contributed by atoms with Crippen LogP contribution in [0.25, 0.3) is 32.5 Å². The largest absolute Gasteiger partial charge is 0.497 e. The molecule has 0 unspecified atom stereocenters. The number of methoxy groups -OCH3 is 1. The molecule has 24 heavy (non-hydrogen) atoms. The van der Waals surface area contributed by atoms with Gasteiger partial charge in [-0.3, -0.25) is 0 Å². The minimum Gasteiger partial charge on any atom is -0.497 e. The zero-order valence-corrected chi connectivity index (χ0v) is 13.8. The van der Waals surface area contributed by atoms with Crippen LogP contribution in [0, 0.1) is 0 Å². The Morgan fingerprint density at radius 2 is 1.67 bits per heavy atom. The Morgan fingerprint density at radius 1 is 0.917 bits per heavy atom. The van der Waals surface area contributed by atoms with Gasteiger partial charge in [0.1, 0.15) is 11.5 Å². The summed E-state index contributed by atoms with van der Waals surface area (Å²) in [5.74, 6) is 1.35. The highest BCUT2D eigenvalue weighted by molar-refractivity contribution is 7.13. The topological polar surface area (TPSA) is 39.4 Å². The first kappa shape index (κ1) is 14.7. The smallest absolute Gasteiger partial charge is 0.344 e. The summed E-state index contributed by atoms with van der Waals surface area (Å²) in [7, 11) is 1.63. The molecule has 0 saturated carbocycles. The fourth-order valence-corrected chi connectivity index (χ4v) is 3.59. The molecule has 4 rings (SSSR count). The Bertz CT molecular complexity index is 1040. The van der Waals surface area contributed by atoms with Crippen LogP contribution < -0.4 is 10.4 Å². The first-order valence-corrected chi connectivity index (χ1v) is 8.40. The molecule has 2 aromatic carbocycles. The molecule has 2 aromatic heterocycles. The van der Waals surface area contributed by atoms with Gasteiger partial charge < -0.3 is 9.15 Å². The van der Waals surface area contributed by atoms with Crippen LogP contribution in [0.3, 0.4) is 0 Å². The second kappa shape index (κ2) is 5.98. The molecule has 4 heteroatoms. The SMILES string of the molecule is COc1ccc(-c2oc(=O)c3ccccc3c2-c2cccs2)cc1. The molecule has 0 radical (unpaired) electrons. The lowest BCUT2D eigenvalue weighted by Crippen LogP contribution is -2.02. The van der Waals surface area contributed by atoms with Gasteiger partial charge in [0, 0.05) is 21.4 Å². The van der Waals surface area contributed by atoms with Gasteiger partial charge in [-0.05, 0) is 41.8 Å². The monoisotopic (exact) mass is 334 g/mol. The number of hydrogen-bond acceptors (Lipinski definition) is 4. The quantitative estimate of drug-likeness (QED) is 0.517. The zero-order chi connectivity index (χ0) is 16.5. The predicted molar refractivity (Wildman–Crippen MR) is 97.8 cm³/mol. The molecule has 0 saturated heterocycles. The van der Waals surface area contributed by atoms with Crippen LogP contribution in [0.5, 0.6) is 5.75 Å². The maximum Gasteiger partial charge on any atom is 0.344 e. The van der Waals surface area contributed by atoms with Crippen LogP contribution in [-0.2, 0) is 0 Å². The number of thiophene rings is 1. The summed E-state index contributed by atoms with van der Waals surface area (Å²) in [5.41, 5.74) is 1.48. The van der Waals surface area contributed by atoms with Crippen LogP contribution in [0.2, 0.25) is 0 Å². The maximum absolute atomic E-state index is 12.4. The molecule has 0 spiro atoms. The van der Waals surface area contributed by atoms with Gasteiger partial charge in [0.15, 0.2) is 0 Å². The molecule has 3 nitrogen and oxygen atoms in total. The first-order valence-electron chi connectivity index (χ1n) is 7.52. The molecule has 2 heterocycles. The van der Waals surface area contributed by atoms with Crippen molar-refractivity contribution in [1.29, 1.82) is 0 Å². The number of fused-ring (bicyclic) bond motifs is 1. The highest BCUT2D eigenvalue weighted by Crippen LogP contribution is 2.39. The minimum atomic E-state index is -0.322. The van der Waals surface area contributed by atoms with E-state index in [1.54, 1.807) is 24.5 Å². The third-order valence-electron chi connectivity index (χ3n) is 3.96. The number of hydrogen-bond donors (Lipinski definition) is 0. The Kier molecular flexibility index (Phi) is 3.67. The lowest BCUT2D eigenvalue weighted by Gasteiger charge is -2.11. The molecule has 0 aliphatic carbocycles. The van der Waals surface area contributed by atoms with E-state index < -0.39 is 0 Å². The third-order valence-corrected chi connectivity index (χ3v) is 4.85. The highest BCUT2D eigenvalue weighted by atomic mass is 32.1. The van der Waals surface area contributed by atoms with Gasteiger partial charge in [0.05, 0.1) is 12.5 Å². The van der Waals surface area contributed by atoms with Gasteiger partial charge in [0.25, 0.3) is 0 Å². The predicted octanol–water partition coefficient (Wildman–Crippen LogP) is 5.20. The summed E-state index contributed by atoms with van der Waals surface area (Å²) < 4.78 is 10.9. The maximum atomic E-state index is 12.4. The van der Waals surface area contributed by atoms with Crippen molar-refractivity contribution in [2.75, 3.05) is 7.11 Å². The zero-order valence-electron chi connectivity index (χ0n) is 13.0. The summed E-state index contributed by atoms with van der Waals surface area (Å²) in [4.78, 5) is 13.5. The van der Waals surface area contributed by atoms with Crippen LogP contribution in [0.4, 0.5) is 0 Å². The summed E-state index contributed by atoms with van der Waals surface area (Å²) in [5, 5.41) is 3.52. The first-order chi connectivity index (χ1) is 11.8. The molecule has 0 N–H and O–H groups in total. The van der Waals surface area contributed by atoms with Gasteiger partial charge in [-0.1, -0.05) is 24.3 Å². The van der Waals surface area contributed by atoms with Crippen molar-refractivity contribution in [3.8, 4) is 27.5 Å². The van der Waals surface area contributed by atoms with Crippen LogP contribution >= 0.6 is 11.3 Å². The number of rotatable bonds is 3. The van der Waals surface area contributed by atoms with E-state index in [2.05, 4.69) is 0 Å². The molecule has 0 aliphatic rings. The Morgan fingerprint density at radius 3 is 2.33 bits per heavy atom. The van der Waals surface area contributed by atoms with E-state index in [1.165, 1.54) is 0 Å². The van der Waals surface area contributed by atoms with E-state index in [-0.39, 0.29) is 5.63 Å². The highest BCUT2D eigenvalue weighted by Gasteiger charge is 2.17. The van der Waals surface area contributed by atoms with E-state index >= 15 is 0 Å². The van der Waals surface area contributed by atoms with Crippen molar-refractivity contribution in [2.45, 2.75) is 0 Å². The van der Waals surface area contributed by atoms with Gasteiger partial charge >= 0.3 is 5.63 Å². The average Bonchev–Trinajstić information content (AvgIpc) is 3.16. The van der Waals surface area contributed by atoms with Crippen LogP contribution in [0.1, 0.15) is 0 Å². The van der Waals surface area contributed by atoms with E-state index in [9.17, 15) is 4.79 Å². The fraction of sp³-hybridized carbons (Fsp3) is 0.0500. The molecular weight excluding hydrogens is 320 g/mol. The van der Waals surface area contributed by atoms with E-state index in [1.807, 2.05) is 60.0 Å². The van der Waals surface area contributed by atoms with Crippen molar-refractivity contribution < 1.29 is 9.15 Å². The lowest BCUT2D eigenvalue weighted by molar-refractivity contribution is 0.415. The van der Waals surface area contributed by atoms with Crippen molar-refractivity contribution in [3.63, 3.8) is 0 Å². The summed E-state index contributed by atoms with van der Waals surface area (Å²) in [6.07, 6.45) is 0. The number of ether oxygens (including phenoxy) is 1. The molecule has 0 fully saturated rings. The lowest BCUT2D eigenvalue weighted by atomic mass is 10.00. The summed E-state index contributed by atoms with van der Waals surface area (Å²) in [6.45, 7) is 0. The standard InChI is InChI=1S/C20H14O3S/c1-22-14-10-8-13(9-11-14)19-18(17-7-4-12-24-17)15-5-2-3-6-16(15)20(21)23-19/h2-12H,1H3. The third kappa shape index (κ3) is 2.41. The second-order valence-corrected chi connectivity index (χ2v) is 6.29. The molecular formula is C20H14O3S. The van der Waals surface area contributed by atoms with Gasteiger partial charge in [-0.2, -0.15) is 0 Å². The normalized spacial score (nSPS) is 10.9. The molecule has 4 aromatic rings. The molecule has 0 atom stereocenters. The van der Waals surface area contributed by atoms with Crippen LogP contribution in [0.15, 0.2) is 75.3 Å². The van der Waals surface area contributed by atoms with E-state index in [0.29, 0.717) is 11.1 Å². The summed E-state index contributed by atoms with van der Waals surface area (Å²) in [6, 6.07) is 19.1. The van der Waals surface area contributed by atoms with Crippen molar-refractivity contribution >= 4 is 22.1 Å². The van der Waals surface area contributed by atoms with Gasteiger partial charge in [0.2, 0.25) is 0 Å². The Labute approximate surface area is 142 Å². The van der Waals surface area contributed by atoms with Gasteiger partial charge in [-0.15, -0.1) is 11.3 Å². The molecule has 0 amide bonds.